The maximum atomic E-state index is 5.44. The predicted molar refractivity (Wildman–Crippen MR) is 68.1 cm³/mol. The Morgan fingerprint density at radius 3 is 2.50 bits per heavy atom. The largest absolute Gasteiger partial charge is 0.381 e. The molecule has 0 radical (unpaired) electrons. The smallest absolute Gasteiger partial charge is 0.0471 e. The van der Waals surface area contributed by atoms with Crippen molar-refractivity contribution in [2.24, 2.45) is 0 Å². The zero-order chi connectivity index (χ0) is 11.5. The highest BCUT2D eigenvalue weighted by molar-refractivity contribution is 5.38. The fourth-order valence-corrected chi connectivity index (χ4v) is 2.75. The number of hydrogen-bond donors (Lipinski definition) is 0. The average molecular weight is 218 g/mol. The molecule has 1 aromatic carbocycles. The first kappa shape index (κ1) is 11.7. The first-order chi connectivity index (χ1) is 7.70. The summed E-state index contributed by atoms with van der Waals surface area (Å²) >= 11 is 0. The molecule has 2 rings (SSSR count). The van der Waals surface area contributed by atoms with E-state index >= 15 is 0 Å². The summed E-state index contributed by atoms with van der Waals surface area (Å²) < 4.78 is 5.44. The lowest BCUT2D eigenvalue weighted by molar-refractivity contribution is 0.0852. The van der Waals surface area contributed by atoms with Crippen molar-refractivity contribution in [1.82, 2.24) is 0 Å². The van der Waals surface area contributed by atoms with Crippen LogP contribution < -0.4 is 0 Å². The summed E-state index contributed by atoms with van der Waals surface area (Å²) in [4.78, 5) is 0. The van der Waals surface area contributed by atoms with E-state index in [9.17, 15) is 0 Å². The van der Waals surface area contributed by atoms with Crippen molar-refractivity contribution < 1.29 is 4.74 Å². The van der Waals surface area contributed by atoms with Crippen molar-refractivity contribution in [3.05, 3.63) is 34.9 Å². The highest BCUT2D eigenvalue weighted by Gasteiger charge is 2.19. The highest BCUT2D eigenvalue weighted by Crippen LogP contribution is 2.32. The fraction of sp³-hybridized carbons (Fsp3) is 0.600. The van der Waals surface area contributed by atoms with Crippen molar-refractivity contribution in [3.8, 4) is 0 Å². The van der Waals surface area contributed by atoms with Gasteiger partial charge in [0.1, 0.15) is 0 Å². The SMILES string of the molecule is Cc1c(C(C)C)cccc1C1CCOCC1. The van der Waals surface area contributed by atoms with Gasteiger partial charge in [-0.1, -0.05) is 32.0 Å². The van der Waals surface area contributed by atoms with Gasteiger partial charge in [-0.2, -0.15) is 0 Å². The zero-order valence-electron chi connectivity index (χ0n) is 10.6. The highest BCUT2D eigenvalue weighted by atomic mass is 16.5. The van der Waals surface area contributed by atoms with Crippen LogP contribution in [0.2, 0.25) is 0 Å². The molecule has 0 aliphatic carbocycles. The minimum Gasteiger partial charge on any atom is -0.381 e. The van der Waals surface area contributed by atoms with Crippen LogP contribution in [0.25, 0.3) is 0 Å². The molecule has 1 aliphatic rings. The van der Waals surface area contributed by atoms with Gasteiger partial charge in [-0.15, -0.1) is 0 Å². The lowest BCUT2D eigenvalue weighted by atomic mass is 9.85. The van der Waals surface area contributed by atoms with Gasteiger partial charge < -0.3 is 4.74 Å². The molecule has 1 aliphatic heterocycles. The molecule has 16 heavy (non-hydrogen) atoms. The molecule has 0 unspecified atom stereocenters. The van der Waals surface area contributed by atoms with Crippen molar-refractivity contribution in [2.45, 2.75) is 45.4 Å². The van der Waals surface area contributed by atoms with Crippen molar-refractivity contribution in [2.75, 3.05) is 13.2 Å². The molecule has 88 valence electrons. The van der Waals surface area contributed by atoms with Crippen LogP contribution in [0.3, 0.4) is 0 Å². The molecular formula is C15H22O. The standard InChI is InChI=1S/C15H22O/c1-11(2)14-5-4-6-15(12(14)3)13-7-9-16-10-8-13/h4-6,11,13H,7-10H2,1-3H3. The third-order valence-corrected chi connectivity index (χ3v) is 3.70. The van der Waals surface area contributed by atoms with Crippen LogP contribution >= 0.6 is 0 Å². The summed E-state index contributed by atoms with van der Waals surface area (Å²) in [6.07, 6.45) is 2.37. The molecule has 1 saturated heterocycles. The Bertz CT molecular complexity index is 348. The van der Waals surface area contributed by atoms with Gasteiger partial charge >= 0.3 is 0 Å². The first-order valence-corrected chi connectivity index (χ1v) is 6.37. The number of rotatable bonds is 2. The molecular weight excluding hydrogens is 196 g/mol. The zero-order valence-corrected chi connectivity index (χ0v) is 10.6. The van der Waals surface area contributed by atoms with Gasteiger partial charge in [0.25, 0.3) is 0 Å². The molecule has 1 fully saturated rings. The van der Waals surface area contributed by atoms with Gasteiger partial charge in [0.2, 0.25) is 0 Å². The van der Waals surface area contributed by atoms with Crippen LogP contribution in [0.1, 0.15) is 55.2 Å². The Morgan fingerprint density at radius 1 is 1.19 bits per heavy atom. The maximum Gasteiger partial charge on any atom is 0.0471 e. The Kier molecular flexibility index (Phi) is 3.65. The molecule has 0 amide bonds. The lowest BCUT2D eigenvalue weighted by Gasteiger charge is -2.25. The van der Waals surface area contributed by atoms with E-state index in [1.54, 1.807) is 5.56 Å². The van der Waals surface area contributed by atoms with Crippen molar-refractivity contribution >= 4 is 0 Å². The number of ether oxygens (including phenoxy) is 1. The van der Waals surface area contributed by atoms with E-state index in [2.05, 4.69) is 39.0 Å². The van der Waals surface area contributed by atoms with Crippen LogP contribution in [0.15, 0.2) is 18.2 Å². The average Bonchev–Trinajstić information content (AvgIpc) is 2.30. The minimum absolute atomic E-state index is 0.625. The summed E-state index contributed by atoms with van der Waals surface area (Å²) in [5.74, 6) is 1.34. The Morgan fingerprint density at radius 2 is 1.88 bits per heavy atom. The summed E-state index contributed by atoms with van der Waals surface area (Å²) in [6, 6.07) is 6.78. The second-order valence-electron chi connectivity index (χ2n) is 5.10. The van der Waals surface area contributed by atoms with Crippen LogP contribution in [-0.2, 0) is 4.74 Å². The van der Waals surface area contributed by atoms with E-state index < -0.39 is 0 Å². The minimum atomic E-state index is 0.625. The third kappa shape index (κ3) is 2.30. The van der Waals surface area contributed by atoms with Crippen molar-refractivity contribution in [3.63, 3.8) is 0 Å². The van der Waals surface area contributed by atoms with Crippen LogP contribution in [0.5, 0.6) is 0 Å². The van der Waals surface area contributed by atoms with Crippen molar-refractivity contribution in [1.29, 1.82) is 0 Å². The van der Waals surface area contributed by atoms with Crippen LogP contribution in [0.4, 0.5) is 0 Å². The summed E-state index contributed by atoms with van der Waals surface area (Å²) in [5.41, 5.74) is 4.56. The second-order valence-corrected chi connectivity index (χ2v) is 5.10. The van der Waals surface area contributed by atoms with Crippen LogP contribution in [0, 0.1) is 6.92 Å². The molecule has 0 saturated carbocycles. The van der Waals surface area contributed by atoms with E-state index in [1.807, 2.05) is 0 Å². The summed E-state index contributed by atoms with van der Waals surface area (Å²) in [7, 11) is 0. The van der Waals surface area contributed by atoms with Gasteiger partial charge in [0.15, 0.2) is 0 Å². The molecule has 1 nitrogen and oxygen atoms in total. The molecule has 0 N–H and O–H groups in total. The van der Waals surface area contributed by atoms with Gasteiger partial charge in [0.05, 0.1) is 0 Å². The van der Waals surface area contributed by atoms with Gasteiger partial charge in [0, 0.05) is 13.2 Å². The van der Waals surface area contributed by atoms with E-state index in [-0.39, 0.29) is 0 Å². The Labute approximate surface area is 98.8 Å². The molecule has 1 aromatic rings. The predicted octanol–water partition coefficient (Wildman–Crippen LogP) is 4.01. The van der Waals surface area contributed by atoms with Gasteiger partial charge in [-0.25, -0.2) is 0 Å². The monoisotopic (exact) mass is 218 g/mol. The third-order valence-electron chi connectivity index (χ3n) is 3.70. The summed E-state index contributed by atoms with van der Waals surface area (Å²) in [6.45, 7) is 8.68. The molecule has 0 atom stereocenters. The molecule has 0 bridgehead atoms. The van der Waals surface area contributed by atoms with Gasteiger partial charge in [-0.3, -0.25) is 0 Å². The van der Waals surface area contributed by atoms with E-state index in [1.165, 1.54) is 24.0 Å². The molecule has 1 heteroatoms. The van der Waals surface area contributed by atoms with E-state index in [0.29, 0.717) is 11.8 Å². The summed E-state index contributed by atoms with van der Waals surface area (Å²) in [5, 5.41) is 0. The lowest BCUT2D eigenvalue weighted by Crippen LogP contribution is -2.15. The second kappa shape index (κ2) is 5.01. The Balaban J connectivity index is 2.29. The molecule has 1 heterocycles. The molecule has 0 aromatic heterocycles. The van der Waals surface area contributed by atoms with Gasteiger partial charge in [-0.05, 0) is 48.3 Å². The normalized spacial score (nSPS) is 18.0. The topological polar surface area (TPSA) is 9.23 Å². The first-order valence-electron chi connectivity index (χ1n) is 6.37. The quantitative estimate of drug-likeness (QED) is 0.728. The fourth-order valence-electron chi connectivity index (χ4n) is 2.75. The van der Waals surface area contributed by atoms with E-state index in [0.717, 1.165) is 13.2 Å². The van der Waals surface area contributed by atoms with E-state index in [4.69, 9.17) is 4.74 Å². The number of benzene rings is 1. The maximum absolute atomic E-state index is 5.44. The number of hydrogen-bond acceptors (Lipinski definition) is 1. The Hall–Kier alpha value is -0.820. The molecule has 0 spiro atoms. The van der Waals surface area contributed by atoms with Crippen LogP contribution in [-0.4, -0.2) is 13.2 Å².